The minimum Gasteiger partial charge on any atom is -0.481 e. The van der Waals surface area contributed by atoms with Crippen molar-refractivity contribution in [2.24, 2.45) is 5.10 Å². The van der Waals surface area contributed by atoms with Gasteiger partial charge in [0, 0.05) is 18.5 Å². The fraction of sp³-hybridized carbons (Fsp3) is 0.214. The third-order valence-electron chi connectivity index (χ3n) is 2.86. The normalized spacial score (nSPS) is 12.0. The van der Waals surface area contributed by atoms with E-state index in [9.17, 15) is 8.42 Å². The summed E-state index contributed by atoms with van der Waals surface area (Å²) >= 11 is 0. The molecule has 0 radical (unpaired) electrons. The molecule has 22 heavy (non-hydrogen) atoms. The highest BCUT2D eigenvalue weighted by molar-refractivity contribution is 7.90. The van der Waals surface area contributed by atoms with Crippen molar-refractivity contribution in [1.29, 1.82) is 0 Å². The summed E-state index contributed by atoms with van der Waals surface area (Å²) < 4.78 is 27.8. The number of nitrogens with one attached hydrogen (secondary N) is 1. The first-order chi connectivity index (χ1) is 10.4. The van der Waals surface area contributed by atoms with Gasteiger partial charge in [-0.15, -0.1) is 0 Å². The van der Waals surface area contributed by atoms with Gasteiger partial charge in [-0.25, -0.2) is 18.8 Å². The molecule has 8 heteroatoms. The van der Waals surface area contributed by atoms with Crippen LogP contribution in [0, 0.1) is 0 Å². The largest absolute Gasteiger partial charge is 0.481 e. The zero-order valence-corrected chi connectivity index (χ0v) is 13.3. The number of hydrazone groups is 1. The summed E-state index contributed by atoms with van der Waals surface area (Å²) in [5.74, 6) is 0.745. The molecular formula is C14H16N4O3S. The number of aromatic nitrogens is 2. The van der Waals surface area contributed by atoms with Crippen molar-refractivity contribution in [2.45, 2.75) is 11.8 Å². The molecule has 0 spiro atoms. The van der Waals surface area contributed by atoms with E-state index in [1.807, 2.05) is 0 Å². The minimum atomic E-state index is -3.20. The Morgan fingerprint density at radius 1 is 1.23 bits per heavy atom. The van der Waals surface area contributed by atoms with Gasteiger partial charge in [0.1, 0.15) is 0 Å². The Morgan fingerprint density at radius 3 is 2.50 bits per heavy atom. The molecule has 1 heterocycles. The van der Waals surface area contributed by atoms with Crippen molar-refractivity contribution in [1.82, 2.24) is 9.97 Å². The molecule has 2 rings (SSSR count). The molecular weight excluding hydrogens is 304 g/mol. The number of ether oxygens (including phenoxy) is 1. The second-order valence-corrected chi connectivity index (χ2v) is 6.54. The number of sulfone groups is 1. The molecule has 0 saturated heterocycles. The maximum absolute atomic E-state index is 11.4. The van der Waals surface area contributed by atoms with Crippen LogP contribution in [0.2, 0.25) is 0 Å². The van der Waals surface area contributed by atoms with Crippen LogP contribution in [-0.2, 0) is 9.84 Å². The molecule has 0 fully saturated rings. The molecule has 0 atom stereocenters. The molecule has 0 aliphatic rings. The summed E-state index contributed by atoms with van der Waals surface area (Å²) in [6.07, 6.45) is 2.73. The van der Waals surface area contributed by atoms with Crippen molar-refractivity contribution in [3.63, 3.8) is 0 Å². The quantitative estimate of drug-likeness (QED) is 0.666. The van der Waals surface area contributed by atoms with Crippen LogP contribution in [0.25, 0.3) is 0 Å². The number of rotatable bonds is 5. The van der Waals surface area contributed by atoms with Crippen LogP contribution in [-0.4, -0.2) is 37.5 Å². The van der Waals surface area contributed by atoms with Crippen molar-refractivity contribution in [3.8, 4) is 5.88 Å². The van der Waals surface area contributed by atoms with Gasteiger partial charge < -0.3 is 4.74 Å². The standard InChI is InChI=1S/C14H16N4O3S/c1-10(11-4-6-12(7-5-11)22(3,19)20)17-18-14-15-9-8-13(16-14)21-2/h4-9H,1-3H3,(H,15,16,18). The van der Waals surface area contributed by atoms with Crippen LogP contribution in [0.3, 0.4) is 0 Å². The molecule has 2 aromatic rings. The molecule has 1 aromatic heterocycles. The van der Waals surface area contributed by atoms with Crippen molar-refractivity contribution >= 4 is 21.5 Å². The number of nitrogens with zero attached hydrogens (tertiary/aromatic N) is 3. The predicted octanol–water partition coefficient (Wildman–Crippen LogP) is 1.72. The number of anilines is 1. The second kappa shape index (κ2) is 6.52. The number of methoxy groups -OCH3 is 1. The van der Waals surface area contributed by atoms with Crippen molar-refractivity contribution < 1.29 is 13.2 Å². The monoisotopic (exact) mass is 320 g/mol. The zero-order valence-electron chi connectivity index (χ0n) is 12.4. The smallest absolute Gasteiger partial charge is 0.246 e. The summed E-state index contributed by atoms with van der Waals surface area (Å²) in [5.41, 5.74) is 4.20. The van der Waals surface area contributed by atoms with Crippen LogP contribution < -0.4 is 10.2 Å². The van der Waals surface area contributed by atoms with Gasteiger partial charge in [-0.05, 0) is 24.6 Å². The molecule has 0 aliphatic carbocycles. The SMILES string of the molecule is COc1ccnc(NN=C(C)c2ccc(S(C)(=O)=O)cc2)n1. The van der Waals surface area contributed by atoms with Crippen LogP contribution in [0.15, 0.2) is 46.5 Å². The van der Waals surface area contributed by atoms with Gasteiger partial charge in [0.2, 0.25) is 11.8 Å². The molecule has 0 aliphatic heterocycles. The second-order valence-electron chi connectivity index (χ2n) is 4.53. The Hall–Kier alpha value is -2.48. The van der Waals surface area contributed by atoms with Gasteiger partial charge in [-0.2, -0.15) is 10.1 Å². The number of hydrogen-bond acceptors (Lipinski definition) is 7. The van der Waals surface area contributed by atoms with Crippen molar-refractivity contribution in [3.05, 3.63) is 42.1 Å². The fourth-order valence-electron chi connectivity index (χ4n) is 1.65. The predicted molar refractivity (Wildman–Crippen MR) is 84.0 cm³/mol. The summed E-state index contributed by atoms with van der Waals surface area (Å²) in [6.45, 7) is 1.79. The van der Waals surface area contributed by atoms with Crippen LogP contribution in [0.4, 0.5) is 5.95 Å². The lowest BCUT2D eigenvalue weighted by molar-refractivity contribution is 0.397. The average molecular weight is 320 g/mol. The maximum Gasteiger partial charge on any atom is 0.246 e. The zero-order chi connectivity index (χ0) is 16.2. The maximum atomic E-state index is 11.4. The van der Waals surface area contributed by atoms with E-state index in [1.165, 1.54) is 13.4 Å². The Balaban J connectivity index is 2.15. The molecule has 0 unspecified atom stereocenters. The highest BCUT2D eigenvalue weighted by Crippen LogP contribution is 2.12. The molecule has 1 aromatic carbocycles. The van der Waals surface area contributed by atoms with Crippen LogP contribution >= 0.6 is 0 Å². The first-order valence-corrected chi connectivity index (χ1v) is 8.27. The van der Waals surface area contributed by atoms with Gasteiger partial charge >= 0.3 is 0 Å². The summed E-state index contributed by atoms with van der Waals surface area (Å²) in [7, 11) is -1.68. The topological polar surface area (TPSA) is 93.5 Å². The van der Waals surface area contributed by atoms with Gasteiger partial charge in [0.05, 0.1) is 17.7 Å². The van der Waals surface area contributed by atoms with Crippen LogP contribution in [0.1, 0.15) is 12.5 Å². The van der Waals surface area contributed by atoms with Gasteiger partial charge in [-0.3, -0.25) is 0 Å². The Morgan fingerprint density at radius 2 is 1.91 bits per heavy atom. The van der Waals surface area contributed by atoms with Crippen molar-refractivity contribution in [2.75, 3.05) is 18.8 Å². The number of hydrogen-bond donors (Lipinski definition) is 1. The molecule has 0 bridgehead atoms. The lowest BCUT2D eigenvalue weighted by Crippen LogP contribution is -2.03. The van der Waals surface area contributed by atoms with E-state index in [1.54, 1.807) is 43.5 Å². The summed E-state index contributed by atoms with van der Waals surface area (Å²) in [6, 6.07) is 8.12. The van der Waals surface area contributed by atoms with Gasteiger partial charge in [-0.1, -0.05) is 12.1 Å². The fourth-order valence-corrected chi connectivity index (χ4v) is 2.28. The summed E-state index contributed by atoms with van der Waals surface area (Å²) in [5, 5.41) is 4.17. The van der Waals surface area contributed by atoms with E-state index in [-0.39, 0.29) is 4.90 Å². The van der Waals surface area contributed by atoms with Gasteiger partial charge in [0.15, 0.2) is 9.84 Å². The molecule has 0 saturated carbocycles. The van der Waals surface area contributed by atoms with E-state index >= 15 is 0 Å². The third-order valence-corrected chi connectivity index (χ3v) is 3.99. The van der Waals surface area contributed by atoms with Gasteiger partial charge in [0.25, 0.3) is 0 Å². The molecule has 7 nitrogen and oxygen atoms in total. The lowest BCUT2D eigenvalue weighted by atomic mass is 10.1. The van der Waals surface area contributed by atoms with E-state index < -0.39 is 9.84 Å². The van der Waals surface area contributed by atoms with E-state index in [4.69, 9.17) is 4.74 Å². The van der Waals surface area contributed by atoms with E-state index in [0.717, 1.165) is 5.56 Å². The first kappa shape index (κ1) is 15.9. The molecule has 116 valence electrons. The highest BCUT2D eigenvalue weighted by Gasteiger charge is 2.07. The highest BCUT2D eigenvalue weighted by atomic mass is 32.2. The molecule has 0 amide bonds. The van der Waals surface area contributed by atoms with E-state index in [0.29, 0.717) is 17.5 Å². The van der Waals surface area contributed by atoms with Crippen LogP contribution in [0.5, 0.6) is 5.88 Å². The van der Waals surface area contributed by atoms with E-state index in [2.05, 4.69) is 20.5 Å². The Bertz CT molecular complexity index is 786. The minimum absolute atomic E-state index is 0.271. The Kier molecular flexibility index (Phi) is 4.71. The molecule has 1 N–H and O–H groups in total. The number of benzene rings is 1. The summed E-state index contributed by atoms with van der Waals surface area (Å²) in [4.78, 5) is 8.35. The third kappa shape index (κ3) is 4.01. The Labute approximate surface area is 129 Å². The lowest BCUT2D eigenvalue weighted by Gasteiger charge is -2.04. The average Bonchev–Trinajstić information content (AvgIpc) is 2.52. The first-order valence-electron chi connectivity index (χ1n) is 6.38.